The number of rotatable bonds is 5. The predicted octanol–water partition coefficient (Wildman–Crippen LogP) is 3.11. The highest BCUT2D eigenvalue weighted by molar-refractivity contribution is 5.82. The summed E-state index contributed by atoms with van der Waals surface area (Å²) in [7, 11) is 0. The lowest BCUT2D eigenvalue weighted by Gasteiger charge is -2.20. The first-order chi connectivity index (χ1) is 8.59. The van der Waals surface area contributed by atoms with E-state index in [0.29, 0.717) is 12.5 Å². The number of nitrogens with zero attached hydrogens (tertiary/aromatic N) is 1. The fourth-order valence-corrected chi connectivity index (χ4v) is 2.60. The quantitative estimate of drug-likeness (QED) is 0.869. The third-order valence-electron chi connectivity index (χ3n) is 3.56. The lowest BCUT2D eigenvalue weighted by atomic mass is 10.0. The van der Waals surface area contributed by atoms with Gasteiger partial charge in [0.15, 0.2) is 0 Å². The predicted molar refractivity (Wildman–Crippen MR) is 73.1 cm³/mol. The fraction of sp³-hybridized carbons (Fsp3) is 0.533. The van der Waals surface area contributed by atoms with Crippen LogP contribution < -0.4 is 4.90 Å². The Labute approximate surface area is 108 Å². The number of hydrogen-bond acceptors (Lipinski definition) is 2. The van der Waals surface area contributed by atoms with E-state index in [1.165, 1.54) is 6.42 Å². The molecule has 0 spiro atoms. The van der Waals surface area contributed by atoms with Crippen LogP contribution in [0.1, 0.15) is 38.2 Å². The summed E-state index contributed by atoms with van der Waals surface area (Å²) in [5.74, 6) is -0.368. The first kappa shape index (κ1) is 12.9. The Morgan fingerprint density at radius 2 is 2.17 bits per heavy atom. The van der Waals surface area contributed by atoms with E-state index in [4.69, 9.17) is 0 Å². The topological polar surface area (TPSA) is 40.5 Å². The molecule has 18 heavy (non-hydrogen) atoms. The number of carboxylic acid groups (broad SMARTS) is 1. The van der Waals surface area contributed by atoms with Crippen molar-refractivity contribution in [3.05, 3.63) is 29.8 Å². The van der Waals surface area contributed by atoms with E-state index in [2.05, 4.69) is 18.7 Å². The smallest absolute Gasteiger partial charge is 0.312 e. The van der Waals surface area contributed by atoms with Crippen molar-refractivity contribution >= 4 is 11.7 Å². The summed E-state index contributed by atoms with van der Waals surface area (Å²) in [6.07, 6.45) is 2.31. The normalized spacial score (nSPS) is 18.2. The Morgan fingerprint density at radius 1 is 1.44 bits per heavy atom. The maximum atomic E-state index is 11.3. The van der Waals surface area contributed by atoms with Gasteiger partial charge in [-0.25, -0.2) is 0 Å². The van der Waals surface area contributed by atoms with Gasteiger partial charge in [-0.1, -0.05) is 32.0 Å². The van der Waals surface area contributed by atoms with Crippen molar-refractivity contribution in [3.8, 4) is 0 Å². The first-order valence-corrected chi connectivity index (χ1v) is 6.66. The molecule has 0 saturated carbocycles. The zero-order chi connectivity index (χ0) is 13.1. The van der Waals surface area contributed by atoms with Gasteiger partial charge in [0.2, 0.25) is 0 Å². The van der Waals surface area contributed by atoms with Crippen LogP contribution in [-0.2, 0) is 4.79 Å². The summed E-state index contributed by atoms with van der Waals surface area (Å²) in [5, 5.41) is 9.26. The molecule has 3 nitrogen and oxygen atoms in total. The van der Waals surface area contributed by atoms with Crippen LogP contribution in [0.5, 0.6) is 0 Å². The molecule has 0 saturated heterocycles. The monoisotopic (exact) mass is 247 g/mol. The molecular weight excluding hydrogens is 226 g/mol. The molecule has 2 rings (SSSR count). The molecule has 0 aromatic heterocycles. The Balaban J connectivity index is 2.08. The molecule has 1 atom stereocenters. The molecule has 1 aromatic rings. The SMILES string of the molecule is CC(C)CCCN1CC(C(=O)O)c2ccccc21. The Bertz CT molecular complexity index is 428. The summed E-state index contributed by atoms with van der Waals surface area (Å²) in [6, 6.07) is 7.88. The standard InChI is InChI=1S/C15H21NO2/c1-11(2)6-5-9-16-10-13(15(17)18)12-7-3-4-8-14(12)16/h3-4,7-8,11,13H,5-6,9-10H2,1-2H3,(H,17,18). The van der Waals surface area contributed by atoms with Crippen molar-refractivity contribution in [2.75, 3.05) is 18.0 Å². The molecule has 0 aliphatic carbocycles. The highest BCUT2D eigenvalue weighted by atomic mass is 16.4. The van der Waals surface area contributed by atoms with Gasteiger partial charge in [0.1, 0.15) is 5.92 Å². The van der Waals surface area contributed by atoms with E-state index in [1.54, 1.807) is 0 Å². The Morgan fingerprint density at radius 3 is 2.83 bits per heavy atom. The van der Waals surface area contributed by atoms with Gasteiger partial charge in [-0.3, -0.25) is 4.79 Å². The summed E-state index contributed by atoms with van der Waals surface area (Å²) in [4.78, 5) is 13.5. The molecular formula is C15H21NO2. The number of aliphatic carboxylic acids is 1. The lowest BCUT2D eigenvalue weighted by Crippen LogP contribution is -2.25. The van der Waals surface area contributed by atoms with Crippen molar-refractivity contribution in [1.82, 2.24) is 0 Å². The van der Waals surface area contributed by atoms with E-state index in [-0.39, 0.29) is 5.92 Å². The Kier molecular flexibility index (Phi) is 3.90. The molecule has 1 unspecified atom stereocenters. The van der Waals surface area contributed by atoms with Crippen molar-refractivity contribution in [3.63, 3.8) is 0 Å². The van der Waals surface area contributed by atoms with Gasteiger partial charge >= 0.3 is 5.97 Å². The van der Waals surface area contributed by atoms with Crippen LogP contribution >= 0.6 is 0 Å². The number of fused-ring (bicyclic) bond motifs is 1. The molecule has 1 aliphatic rings. The van der Waals surface area contributed by atoms with E-state index in [0.717, 1.165) is 24.2 Å². The summed E-state index contributed by atoms with van der Waals surface area (Å²) < 4.78 is 0. The van der Waals surface area contributed by atoms with E-state index in [9.17, 15) is 9.90 Å². The second-order valence-corrected chi connectivity index (χ2v) is 5.43. The number of carbonyl (C=O) groups is 1. The van der Waals surface area contributed by atoms with Crippen LogP contribution in [0, 0.1) is 5.92 Å². The zero-order valence-electron chi connectivity index (χ0n) is 11.1. The van der Waals surface area contributed by atoms with Crippen LogP contribution in [0.4, 0.5) is 5.69 Å². The number of carboxylic acids is 1. The molecule has 1 N–H and O–H groups in total. The maximum Gasteiger partial charge on any atom is 0.312 e. The fourth-order valence-electron chi connectivity index (χ4n) is 2.60. The minimum atomic E-state index is -0.714. The van der Waals surface area contributed by atoms with Crippen LogP contribution in [0.2, 0.25) is 0 Å². The second-order valence-electron chi connectivity index (χ2n) is 5.43. The number of hydrogen-bond donors (Lipinski definition) is 1. The van der Waals surface area contributed by atoms with Gasteiger partial charge in [0.25, 0.3) is 0 Å². The summed E-state index contributed by atoms with van der Waals surface area (Å²) in [6.45, 7) is 6.02. The minimum absolute atomic E-state index is 0.361. The number of benzene rings is 1. The largest absolute Gasteiger partial charge is 0.481 e. The van der Waals surface area contributed by atoms with Crippen LogP contribution in [0.3, 0.4) is 0 Å². The van der Waals surface area contributed by atoms with E-state index < -0.39 is 5.97 Å². The van der Waals surface area contributed by atoms with Crippen molar-refractivity contribution < 1.29 is 9.90 Å². The van der Waals surface area contributed by atoms with Gasteiger partial charge in [0.05, 0.1) is 0 Å². The third-order valence-corrected chi connectivity index (χ3v) is 3.56. The van der Waals surface area contributed by atoms with Crippen molar-refractivity contribution in [2.45, 2.75) is 32.6 Å². The molecule has 98 valence electrons. The summed E-state index contributed by atoms with van der Waals surface area (Å²) in [5.41, 5.74) is 2.07. The zero-order valence-corrected chi connectivity index (χ0v) is 11.1. The molecule has 1 aliphatic heterocycles. The van der Waals surface area contributed by atoms with Gasteiger partial charge in [-0.05, 0) is 30.4 Å². The second kappa shape index (κ2) is 5.42. The van der Waals surface area contributed by atoms with E-state index in [1.807, 2.05) is 24.3 Å². The molecule has 1 aromatic carbocycles. The van der Waals surface area contributed by atoms with Crippen molar-refractivity contribution in [2.24, 2.45) is 5.92 Å². The molecule has 3 heteroatoms. The highest BCUT2D eigenvalue weighted by Gasteiger charge is 2.32. The number of anilines is 1. The lowest BCUT2D eigenvalue weighted by molar-refractivity contribution is -0.138. The molecule has 1 heterocycles. The van der Waals surface area contributed by atoms with Crippen molar-refractivity contribution in [1.29, 1.82) is 0 Å². The molecule has 0 amide bonds. The van der Waals surface area contributed by atoms with E-state index >= 15 is 0 Å². The van der Waals surface area contributed by atoms with Gasteiger partial charge < -0.3 is 10.0 Å². The average Bonchev–Trinajstić information content (AvgIpc) is 2.68. The van der Waals surface area contributed by atoms with Gasteiger partial charge in [0, 0.05) is 18.8 Å². The third kappa shape index (κ3) is 2.66. The minimum Gasteiger partial charge on any atom is -0.481 e. The van der Waals surface area contributed by atoms with Crippen LogP contribution in [0.25, 0.3) is 0 Å². The summed E-state index contributed by atoms with van der Waals surface area (Å²) >= 11 is 0. The average molecular weight is 247 g/mol. The molecule has 0 bridgehead atoms. The van der Waals surface area contributed by atoms with Gasteiger partial charge in [-0.2, -0.15) is 0 Å². The molecule has 0 fully saturated rings. The molecule has 0 radical (unpaired) electrons. The Hall–Kier alpha value is -1.51. The van der Waals surface area contributed by atoms with Crippen LogP contribution in [-0.4, -0.2) is 24.2 Å². The first-order valence-electron chi connectivity index (χ1n) is 6.66. The maximum absolute atomic E-state index is 11.3. The van der Waals surface area contributed by atoms with Gasteiger partial charge in [-0.15, -0.1) is 0 Å². The van der Waals surface area contributed by atoms with Crippen LogP contribution in [0.15, 0.2) is 24.3 Å². The highest BCUT2D eigenvalue weighted by Crippen LogP contribution is 2.36. The number of para-hydroxylation sites is 1.